The van der Waals surface area contributed by atoms with E-state index >= 15 is 0 Å². The Morgan fingerprint density at radius 1 is 1.04 bits per heavy atom. The average Bonchev–Trinajstić information content (AvgIpc) is 2.59. The van der Waals surface area contributed by atoms with Crippen LogP contribution in [0, 0.1) is 0 Å². The summed E-state index contributed by atoms with van der Waals surface area (Å²) in [4.78, 5) is 23.2. The van der Waals surface area contributed by atoms with Gasteiger partial charge in [-0.3, -0.25) is 9.59 Å². The van der Waals surface area contributed by atoms with Crippen LogP contribution in [0.2, 0.25) is 0 Å². The fourth-order valence-electron chi connectivity index (χ4n) is 2.21. The van der Waals surface area contributed by atoms with Gasteiger partial charge in [-0.25, -0.2) is 0 Å². The van der Waals surface area contributed by atoms with Crippen LogP contribution >= 0.6 is 0 Å². The normalized spacial score (nSPS) is 11.4. The minimum Gasteiger partial charge on any atom is -0.460 e. The Bertz CT molecular complexity index is 731. The van der Waals surface area contributed by atoms with E-state index in [0.29, 0.717) is 0 Å². The Kier molecular flexibility index (Phi) is 5.53. The van der Waals surface area contributed by atoms with Crippen molar-refractivity contribution in [2.24, 2.45) is 5.73 Å². The van der Waals surface area contributed by atoms with Gasteiger partial charge in [-0.2, -0.15) is 0 Å². The molecule has 0 saturated heterocycles. The maximum absolute atomic E-state index is 12.4. The summed E-state index contributed by atoms with van der Waals surface area (Å²) in [7, 11) is 0. The van der Waals surface area contributed by atoms with Gasteiger partial charge >= 0.3 is 5.97 Å². The van der Waals surface area contributed by atoms with Crippen molar-refractivity contribution in [1.82, 2.24) is 0 Å². The van der Waals surface area contributed by atoms with Crippen molar-refractivity contribution < 1.29 is 14.3 Å². The lowest BCUT2D eigenvalue weighted by molar-refractivity contribution is -0.150. The van der Waals surface area contributed by atoms with E-state index < -0.39 is 11.3 Å². The first-order valence-corrected chi connectivity index (χ1v) is 7.69. The van der Waals surface area contributed by atoms with Crippen LogP contribution in [0.25, 0.3) is 6.08 Å². The van der Waals surface area contributed by atoms with Crippen molar-refractivity contribution in [2.45, 2.75) is 25.9 Å². The summed E-state index contributed by atoms with van der Waals surface area (Å²) in [6.07, 6.45) is 2.93. The second kappa shape index (κ2) is 7.59. The Morgan fingerprint density at radius 3 is 2.25 bits per heavy atom. The predicted octanol–water partition coefficient (Wildman–Crippen LogP) is 3.21. The molecule has 0 fully saturated rings. The summed E-state index contributed by atoms with van der Waals surface area (Å²) in [5, 5.41) is 0. The van der Waals surface area contributed by atoms with Gasteiger partial charge in [0, 0.05) is 6.08 Å². The number of hydrogen-bond donors (Lipinski definition) is 1. The SMILES string of the molecule is CC(C)(C(=O)OCc1ccccc1)c1ccc(C=CC(N)=O)cc1. The van der Waals surface area contributed by atoms with Crippen LogP contribution in [0.3, 0.4) is 0 Å². The first kappa shape index (κ1) is 17.5. The zero-order chi connectivity index (χ0) is 17.6. The van der Waals surface area contributed by atoms with Gasteiger partial charge < -0.3 is 10.5 Å². The molecule has 2 aromatic carbocycles. The number of nitrogens with two attached hydrogens (primary N) is 1. The highest BCUT2D eigenvalue weighted by Crippen LogP contribution is 2.26. The molecule has 0 atom stereocenters. The fraction of sp³-hybridized carbons (Fsp3) is 0.200. The number of ether oxygens (including phenoxy) is 1. The van der Waals surface area contributed by atoms with Crippen LogP contribution in [-0.2, 0) is 26.3 Å². The lowest BCUT2D eigenvalue weighted by atomic mass is 9.84. The standard InChI is InChI=1S/C20H21NO3/c1-20(2,19(23)24-14-16-6-4-3-5-7-16)17-11-8-15(9-12-17)10-13-18(21)22/h3-13H,14H2,1-2H3,(H2,21,22). The van der Waals surface area contributed by atoms with Crippen molar-refractivity contribution in [3.8, 4) is 0 Å². The average molecular weight is 323 g/mol. The number of carbonyl (C=O) groups excluding carboxylic acids is 2. The Labute approximate surface area is 141 Å². The van der Waals surface area contributed by atoms with Crippen molar-refractivity contribution in [3.05, 3.63) is 77.4 Å². The number of carbonyl (C=O) groups is 2. The molecule has 2 rings (SSSR count). The van der Waals surface area contributed by atoms with Gasteiger partial charge in [-0.1, -0.05) is 54.6 Å². The Morgan fingerprint density at radius 2 is 1.67 bits per heavy atom. The van der Waals surface area contributed by atoms with Crippen LogP contribution in [0.1, 0.15) is 30.5 Å². The van der Waals surface area contributed by atoms with Crippen LogP contribution in [0.15, 0.2) is 60.7 Å². The molecule has 0 bridgehead atoms. The summed E-state index contributed by atoms with van der Waals surface area (Å²) in [5.41, 5.74) is 6.95. The maximum atomic E-state index is 12.4. The van der Waals surface area contributed by atoms with E-state index in [4.69, 9.17) is 10.5 Å². The molecule has 0 aliphatic rings. The van der Waals surface area contributed by atoms with Gasteiger partial charge in [0.2, 0.25) is 5.91 Å². The van der Waals surface area contributed by atoms with Crippen molar-refractivity contribution in [3.63, 3.8) is 0 Å². The highest BCUT2D eigenvalue weighted by Gasteiger charge is 2.31. The molecular weight excluding hydrogens is 302 g/mol. The van der Waals surface area contributed by atoms with Crippen LogP contribution in [0.5, 0.6) is 0 Å². The first-order chi connectivity index (χ1) is 11.4. The summed E-state index contributed by atoms with van der Waals surface area (Å²) in [6.45, 7) is 3.91. The number of rotatable bonds is 6. The number of hydrogen-bond acceptors (Lipinski definition) is 3. The molecule has 0 spiro atoms. The molecule has 4 heteroatoms. The zero-order valence-electron chi connectivity index (χ0n) is 13.9. The molecule has 124 valence electrons. The molecule has 2 N–H and O–H groups in total. The molecule has 0 aromatic heterocycles. The van der Waals surface area contributed by atoms with Gasteiger partial charge in [-0.15, -0.1) is 0 Å². The fourth-order valence-corrected chi connectivity index (χ4v) is 2.21. The van der Waals surface area contributed by atoms with Crippen LogP contribution in [-0.4, -0.2) is 11.9 Å². The number of amides is 1. The monoisotopic (exact) mass is 323 g/mol. The van der Waals surface area contributed by atoms with E-state index in [1.165, 1.54) is 6.08 Å². The van der Waals surface area contributed by atoms with E-state index in [0.717, 1.165) is 16.7 Å². The van der Waals surface area contributed by atoms with E-state index in [9.17, 15) is 9.59 Å². The van der Waals surface area contributed by atoms with E-state index in [1.54, 1.807) is 6.08 Å². The molecule has 24 heavy (non-hydrogen) atoms. The van der Waals surface area contributed by atoms with Crippen LogP contribution < -0.4 is 5.73 Å². The highest BCUT2D eigenvalue weighted by atomic mass is 16.5. The second-order valence-corrected chi connectivity index (χ2v) is 6.04. The molecule has 0 saturated carbocycles. The molecule has 0 heterocycles. The number of primary amides is 1. The highest BCUT2D eigenvalue weighted by molar-refractivity contribution is 5.90. The summed E-state index contributed by atoms with van der Waals surface area (Å²) < 4.78 is 5.44. The van der Waals surface area contributed by atoms with E-state index in [1.807, 2.05) is 68.4 Å². The van der Waals surface area contributed by atoms with Gasteiger partial charge in [0.05, 0.1) is 5.41 Å². The lowest BCUT2D eigenvalue weighted by Gasteiger charge is -2.23. The smallest absolute Gasteiger partial charge is 0.316 e. The topological polar surface area (TPSA) is 69.4 Å². The molecule has 0 radical (unpaired) electrons. The van der Waals surface area contributed by atoms with Gasteiger partial charge in [0.25, 0.3) is 0 Å². The quantitative estimate of drug-likeness (QED) is 0.655. The van der Waals surface area contributed by atoms with Crippen molar-refractivity contribution >= 4 is 18.0 Å². The summed E-state index contributed by atoms with van der Waals surface area (Å²) in [6, 6.07) is 16.9. The van der Waals surface area contributed by atoms with Crippen LogP contribution in [0.4, 0.5) is 0 Å². The molecule has 1 amide bonds. The minimum absolute atomic E-state index is 0.253. The Balaban J connectivity index is 2.05. The third-order valence-corrected chi connectivity index (χ3v) is 3.80. The largest absolute Gasteiger partial charge is 0.460 e. The summed E-state index contributed by atoms with van der Waals surface area (Å²) >= 11 is 0. The minimum atomic E-state index is -0.763. The van der Waals surface area contributed by atoms with Gasteiger partial charge in [0.15, 0.2) is 0 Å². The molecule has 4 nitrogen and oxygen atoms in total. The van der Waals surface area contributed by atoms with E-state index in [2.05, 4.69) is 0 Å². The molecular formula is C20H21NO3. The first-order valence-electron chi connectivity index (χ1n) is 7.69. The van der Waals surface area contributed by atoms with Gasteiger partial charge in [0.1, 0.15) is 6.61 Å². The van der Waals surface area contributed by atoms with Crippen molar-refractivity contribution in [1.29, 1.82) is 0 Å². The predicted molar refractivity (Wildman–Crippen MR) is 93.9 cm³/mol. The number of benzene rings is 2. The maximum Gasteiger partial charge on any atom is 0.316 e. The molecule has 0 aliphatic carbocycles. The second-order valence-electron chi connectivity index (χ2n) is 6.04. The molecule has 0 aliphatic heterocycles. The van der Waals surface area contributed by atoms with Crippen molar-refractivity contribution in [2.75, 3.05) is 0 Å². The lowest BCUT2D eigenvalue weighted by Crippen LogP contribution is -2.31. The molecule has 2 aromatic rings. The third-order valence-electron chi connectivity index (χ3n) is 3.80. The summed E-state index contributed by atoms with van der Waals surface area (Å²) in [5.74, 6) is -0.782. The van der Waals surface area contributed by atoms with Gasteiger partial charge in [-0.05, 0) is 36.6 Å². The van der Waals surface area contributed by atoms with E-state index in [-0.39, 0.29) is 12.6 Å². The Hall–Kier alpha value is -2.88. The third kappa shape index (κ3) is 4.56. The zero-order valence-corrected chi connectivity index (χ0v) is 13.9. The molecule has 0 unspecified atom stereocenters. The number of esters is 1.